The third-order valence-corrected chi connectivity index (χ3v) is 3.63. The van der Waals surface area contributed by atoms with Crippen LogP contribution in [0.5, 0.6) is 0 Å². The largest absolute Gasteiger partial charge is 0.329 e. The molecule has 2 aromatic carbocycles. The van der Waals surface area contributed by atoms with E-state index in [4.69, 9.17) is 0 Å². The quantitative estimate of drug-likeness (QED) is 0.519. The number of carbonyl (C=O) groups excluding carboxylic acids is 1. The van der Waals surface area contributed by atoms with Crippen LogP contribution in [0.2, 0.25) is 0 Å². The second kappa shape index (κ2) is 3.42. The Bertz CT molecular complexity index is 906. The van der Waals surface area contributed by atoms with Gasteiger partial charge in [0.25, 0.3) is 5.56 Å². The molecule has 0 fully saturated rings. The van der Waals surface area contributed by atoms with E-state index in [9.17, 15) is 9.59 Å². The molecule has 0 radical (unpaired) electrons. The average molecular weight is 247 g/mol. The van der Waals surface area contributed by atoms with Gasteiger partial charge in [-0.2, -0.15) is 0 Å². The van der Waals surface area contributed by atoms with Gasteiger partial charge in [-0.15, -0.1) is 0 Å². The molecule has 0 spiro atoms. The molecule has 3 heteroatoms. The van der Waals surface area contributed by atoms with Crippen LogP contribution in [0.4, 0.5) is 0 Å². The van der Waals surface area contributed by atoms with E-state index in [1.54, 1.807) is 12.3 Å². The minimum absolute atomic E-state index is 0.0621. The summed E-state index contributed by atoms with van der Waals surface area (Å²) in [5.41, 5.74) is 2.75. The molecule has 1 aliphatic rings. The van der Waals surface area contributed by atoms with E-state index in [0.29, 0.717) is 16.5 Å². The summed E-state index contributed by atoms with van der Waals surface area (Å²) in [5.74, 6) is -0.0621. The van der Waals surface area contributed by atoms with Crippen molar-refractivity contribution in [2.75, 3.05) is 0 Å². The lowest BCUT2D eigenvalue weighted by Gasteiger charge is -2.03. The minimum Gasteiger partial charge on any atom is -0.329 e. The standard InChI is InChI=1S/C16H9NO2/c18-15-12-4-2-1-3-10(12)11-6-5-9-7-8-17-16(19)13(9)14(11)15/h1-8H,(H,17,19). The Morgan fingerprint density at radius 1 is 0.789 bits per heavy atom. The molecule has 4 rings (SSSR count). The summed E-state index contributed by atoms with van der Waals surface area (Å²) in [4.78, 5) is 27.2. The number of rotatable bonds is 0. The second-order valence-corrected chi connectivity index (χ2v) is 4.63. The Balaban J connectivity index is 2.24. The average Bonchev–Trinajstić information content (AvgIpc) is 2.73. The van der Waals surface area contributed by atoms with Gasteiger partial charge in [-0.05, 0) is 22.6 Å². The summed E-state index contributed by atoms with van der Waals surface area (Å²) in [6.07, 6.45) is 1.60. The number of benzene rings is 2. The molecular weight excluding hydrogens is 238 g/mol. The van der Waals surface area contributed by atoms with Gasteiger partial charge in [0, 0.05) is 17.3 Å². The molecule has 1 aromatic heterocycles. The number of aromatic nitrogens is 1. The van der Waals surface area contributed by atoms with Crippen molar-refractivity contribution in [2.45, 2.75) is 0 Å². The van der Waals surface area contributed by atoms with E-state index < -0.39 is 0 Å². The zero-order chi connectivity index (χ0) is 13.0. The first kappa shape index (κ1) is 10.3. The van der Waals surface area contributed by atoms with E-state index in [2.05, 4.69) is 4.98 Å². The molecule has 0 atom stereocenters. The number of fused-ring (bicyclic) bond motifs is 5. The van der Waals surface area contributed by atoms with Crippen LogP contribution in [-0.2, 0) is 0 Å². The smallest absolute Gasteiger partial charge is 0.256 e. The molecule has 0 unspecified atom stereocenters. The highest BCUT2D eigenvalue weighted by atomic mass is 16.1. The molecule has 0 bridgehead atoms. The van der Waals surface area contributed by atoms with Crippen LogP contribution in [0.1, 0.15) is 15.9 Å². The molecule has 19 heavy (non-hydrogen) atoms. The van der Waals surface area contributed by atoms with E-state index in [1.807, 2.05) is 36.4 Å². The molecule has 3 nitrogen and oxygen atoms in total. The summed E-state index contributed by atoms with van der Waals surface area (Å²) < 4.78 is 0. The maximum atomic E-state index is 12.5. The topological polar surface area (TPSA) is 49.9 Å². The van der Waals surface area contributed by atoms with Gasteiger partial charge in [0.15, 0.2) is 5.78 Å². The van der Waals surface area contributed by atoms with E-state index >= 15 is 0 Å². The molecule has 90 valence electrons. The zero-order valence-electron chi connectivity index (χ0n) is 9.94. The maximum absolute atomic E-state index is 12.5. The fourth-order valence-electron chi connectivity index (χ4n) is 2.79. The van der Waals surface area contributed by atoms with Crippen LogP contribution in [0.3, 0.4) is 0 Å². The summed E-state index contributed by atoms with van der Waals surface area (Å²) in [5, 5.41) is 1.28. The van der Waals surface area contributed by atoms with Gasteiger partial charge in [-0.1, -0.05) is 36.4 Å². The maximum Gasteiger partial charge on any atom is 0.256 e. The number of pyridine rings is 1. The third kappa shape index (κ3) is 1.21. The number of carbonyl (C=O) groups is 1. The number of nitrogens with one attached hydrogen (secondary N) is 1. The van der Waals surface area contributed by atoms with Crippen LogP contribution < -0.4 is 5.56 Å². The van der Waals surface area contributed by atoms with Crippen LogP contribution in [0.25, 0.3) is 21.9 Å². The van der Waals surface area contributed by atoms with E-state index in [1.165, 1.54) is 0 Å². The van der Waals surface area contributed by atoms with Crippen molar-refractivity contribution < 1.29 is 4.79 Å². The van der Waals surface area contributed by atoms with Crippen LogP contribution in [-0.4, -0.2) is 10.8 Å². The first-order valence-corrected chi connectivity index (χ1v) is 6.06. The molecule has 3 aromatic rings. The van der Waals surface area contributed by atoms with Gasteiger partial charge in [-0.25, -0.2) is 0 Å². The van der Waals surface area contributed by atoms with Gasteiger partial charge in [0.1, 0.15) is 0 Å². The number of aromatic amines is 1. The lowest BCUT2D eigenvalue weighted by molar-refractivity contribution is 0.104. The van der Waals surface area contributed by atoms with Crippen molar-refractivity contribution in [1.29, 1.82) is 0 Å². The molecule has 1 heterocycles. The molecule has 1 N–H and O–H groups in total. The zero-order valence-corrected chi connectivity index (χ0v) is 9.94. The summed E-state index contributed by atoms with van der Waals surface area (Å²) in [6.45, 7) is 0. The lowest BCUT2D eigenvalue weighted by Crippen LogP contribution is -2.09. The number of H-pyrrole nitrogens is 1. The highest BCUT2D eigenvalue weighted by Gasteiger charge is 2.28. The minimum atomic E-state index is -0.212. The van der Waals surface area contributed by atoms with Crippen molar-refractivity contribution >= 4 is 16.6 Å². The van der Waals surface area contributed by atoms with Crippen molar-refractivity contribution in [3.05, 3.63) is 70.1 Å². The van der Waals surface area contributed by atoms with Crippen molar-refractivity contribution in [3.8, 4) is 11.1 Å². The third-order valence-electron chi connectivity index (χ3n) is 3.63. The van der Waals surface area contributed by atoms with Crippen molar-refractivity contribution in [1.82, 2.24) is 4.98 Å². The number of hydrogen-bond donors (Lipinski definition) is 1. The van der Waals surface area contributed by atoms with Crippen LogP contribution in [0, 0.1) is 0 Å². The monoisotopic (exact) mass is 247 g/mol. The Morgan fingerprint density at radius 2 is 1.58 bits per heavy atom. The molecule has 1 aliphatic carbocycles. The van der Waals surface area contributed by atoms with E-state index in [-0.39, 0.29) is 11.3 Å². The number of ketones is 1. The fourth-order valence-corrected chi connectivity index (χ4v) is 2.79. The van der Waals surface area contributed by atoms with Gasteiger partial charge in [0.2, 0.25) is 0 Å². The Hall–Kier alpha value is -2.68. The van der Waals surface area contributed by atoms with Crippen molar-refractivity contribution in [2.24, 2.45) is 0 Å². The second-order valence-electron chi connectivity index (χ2n) is 4.63. The van der Waals surface area contributed by atoms with Crippen LogP contribution in [0.15, 0.2) is 53.5 Å². The highest BCUT2D eigenvalue weighted by molar-refractivity contribution is 6.27. The molecule has 0 aliphatic heterocycles. The lowest BCUT2D eigenvalue weighted by atomic mass is 10.0. The highest BCUT2D eigenvalue weighted by Crippen LogP contribution is 2.38. The molecular formula is C16H9NO2. The Morgan fingerprint density at radius 3 is 2.42 bits per heavy atom. The molecule has 0 saturated carbocycles. The summed E-state index contributed by atoms with van der Waals surface area (Å²) in [7, 11) is 0. The van der Waals surface area contributed by atoms with Gasteiger partial charge in [-0.3, -0.25) is 9.59 Å². The first-order valence-electron chi connectivity index (χ1n) is 6.06. The van der Waals surface area contributed by atoms with Gasteiger partial charge in [0.05, 0.1) is 5.39 Å². The Labute approximate surface area is 108 Å². The number of hydrogen-bond acceptors (Lipinski definition) is 2. The van der Waals surface area contributed by atoms with Gasteiger partial charge < -0.3 is 4.98 Å². The molecule has 0 amide bonds. The predicted octanol–water partition coefficient (Wildman–Crippen LogP) is 2.74. The van der Waals surface area contributed by atoms with E-state index in [0.717, 1.165) is 16.5 Å². The summed E-state index contributed by atoms with van der Waals surface area (Å²) in [6, 6.07) is 13.1. The SMILES string of the molecule is O=C1c2ccccc2-c2ccc3cc[nH]c(=O)c3c21. The summed E-state index contributed by atoms with van der Waals surface area (Å²) >= 11 is 0. The predicted molar refractivity (Wildman–Crippen MR) is 73.4 cm³/mol. The van der Waals surface area contributed by atoms with Gasteiger partial charge >= 0.3 is 0 Å². The normalized spacial score (nSPS) is 12.5. The first-order chi connectivity index (χ1) is 9.27. The fraction of sp³-hybridized carbons (Fsp3) is 0. The molecule has 0 saturated heterocycles. The van der Waals surface area contributed by atoms with Crippen molar-refractivity contribution in [3.63, 3.8) is 0 Å². The Kier molecular flexibility index (Phi) is 1.85. The van der Waals surface area contributed by atoms with Crippen LogP contribution >= 0.6 is 0 Å².